The van der Waals surface area contributed by atoms with Gasteiger partial charge in [-0.3, -0.25) is 4.79 Å². The van der Waals surface area contributed by atoms with Crippen LogP contribution in [0.5, 0.6) is 0 Å². The van der Waals surface area contributed by atoms with E-state index in [1.54, 1.807) is 11.8 Å². The molecule has 1 aliphatic rings. The first kappa shape index (κ1) is 15.4. The number of hydrogen-bond acceptors (Lipinski definition) is 4. The molecule has 1 aromatic rings. The van der Waals surface area contributed by atoms with Crippen LogP contribution in [0.1, 0.15) is 19.8 Å². The van der Waals surface area contributed by atoms with Crippen LogP contribution in [-0.2, 0) is 9.53 Å². The number of amides is 1. The molecule has 20 heavy (non-hydrogen) atoms. The minimum absolute atomic E-state index is 0.0125. The van der Waals surface area contributed by atoms with Gasteiger partial charge in [-0.1, -0.05) is 25.1 Å². The maximum Gasteiger partial charge on any atom is 0.249 e. The van der Waals surface area contributed by atoms with E-state index in [0.29, 0.717) is 18.3 Å². The van der Waals surface area contributed by atoms with Gasteiger partial charge in [0.2, 0.25) is 5.91 Å². The molecule has 0 saturated carbocycles. The second-order valence-electron chi connectivity index (χ2n) is 5.05. The van der Waals surface area contributed by atoms with Crippen molar-refractivity contribution in [3.05, 3.63) is 30.3 Å². The lowest BCUT2D eigenvalue weighted by Crippen LogP contribution is -2.38. The zero-order valence-electron chi connectivity index (χ0n) is 11.7. The van der Waals surface area contributed by atoms with Crippen LogP contribution in [0, 0.1) is 0 Å². The Hall–Kier alpha value is -1.04. The number of benzene rings is 1. The predicted molar refractivity (Wildman–Crippen MR) is 81.7 cm³/mol. The third-order valence-corrected chi connectivity index (χ3v) is 4.42. The summed E-state index contributed by atoms with van der Waals surface area (Å²) in [5.41, 5.74) is 5.54. The number of carbonyl (C=O) groups is 1. The molecule has 0 radical (unpaired) electrons. The average Bonchev–Trinajstić information content (AvgIpc) is 2.95. The van der Waals surface area contributed by atoms with Crippen molar-refractivity contribution in [3.63, 3.8) is 0 Å². The molecule has 1 saturated heterocycles. The summed E-state index contributed by atoms with van der Waals surface area (Å²) in [6, 6.07) is 10.2. The summed E-state index contributed by atoms with van der Waals surface area (Å²) in [4.78, 5) is 13.2. The van der Waals surface area contributed by atoms with Gasteiger partial charge in [0.1, 0.15) is 6.10 Å². The van der Waals surface area contributed by atoms with Crippen molar-refractivity contribution in [3.8, 4) is 0 Å². The number of hydrogen-bond donors (Lipinski definition) is 2. The van der Waals surface area contributed by atoms with Crippen molar-refractivity contribution in [1.29, 1.82) is 0 Å². The minimum Gasteiger partial charge on any atom is -0.364 e. The van der Waals surface area contributed by atoms with E-state index in [-0.39, 0.29) is 18.1 Å². The number of ether oxygens (including phenoxy) is 1. The Bertz CT molecular complexity index is 427. The molecule has 0 bridgehead atoms. The van der Waals surface area contributed by atoms with E-state index in [1.165, 1.54) is 4.90 Å². The summed E-state index contributed by atoms with van der Waals surface area (Å²) < 4.78 is 5.58. The lowest BCUT2D eigenvalue weighted by atomic mass is 10.2. The fourth-order valence-corrected chi connectivity index (χ4v) is 3.15. The molecule has 5 heteroatoms. The van der Waals surface area contributed by atoms with Crippen molar-refractivity contribution in [2.24, 2.45) is 5.73 Å². The maximum atomic E-state index is 12.0. The second-order valence-corrected chi connectivity index (χ2v) is 6.56. The van der Waals surface area contributed by atoms with Gasteiger partial charge in [0.05, 0.1) is 6.10 Å². The molecule has 1 heterocycles. The topological polar surface area (TPSA) is 64.4 Å². The van der Waals surface area contributed by atoms with Crippen LogP contribution >= 0.6 is 11.8 Å². The number of nitrogens with two attached hydrogens (primary N) is 1. The van der Waals surface area contributed by atoms with Gasteiger partial charge in [0.25, 0.3) is 0 Å². The first-order chi connectivity index (χ1) is 9.69. The standard InChI is InChI=1S/C15H22N2O2S/c1-11(20-13-5-3-2-4-6-13)10-17-15(18)14-8-7-12(9-16)19-14/h2-6,11-12,14H,7-10,16H2,1H3,(H,17,18)/t11?,12-,14+/m1/s1. The van der Waals surface area contributed by atoms with Gasteiger partial charge in [-0.05, 0) is 25.0 Å². The normalized spacial score (nSPS) is 23.5. The van der Waals surface area contributed by atoms with E-state index in [9.17, 15) is 4.79 Å². The quantitative estimate of drug-likeness (QED) is 0.785. The molecule has 1 aliphatic heterocycles. The van der Waals surface area contributed by atoms with Crippen LogP contribution in [0.2, 0.25) is 0 Å². The Morgan fingerprint density at radius 2 is 2.20 bits per heavy atom. The Kier molecular flexibility index (Phi) is 5.88. The molecular formula is C15H22N2O2S. The number of carbonyl (C=O) groups excluding carboxylic acids is 1. The van der Waals surface area contributed by atoms with E-state index in [1.807, 2.05) is 18.2 Å². The molecule has 110 valence electrons. The van der Waals surface area contributed by atoms with Crippen LogP contribution in [0.3, 0.4) is 0 Å². The molecular weight excluding hydrogens is 272 g/mol. The summed E-state index contributed by atoms with van der Waals surface area (Å²) in [6.07, 6.45) is 1.37. The van der Waals surface area contributed by atoms with Gasteiger partial charge >= 0.3 is 0 Å². The Morgan fingerprint density at radius 1 is 1.45 bits per heavy atom. The van der Waals surface area contributed by atoms with Gasteiger partial charge in [0, 0.05) is 23.2 Å². The van der Waals surface area contributed by atoms with Crippen molar-refractivity contribution in [1.82, 2.24) is 5.32 Å². The molecule has 0 aromatic heterocycles. The molecule has 1 fully saturated rings. The molecule has 1 unspecified atom stereocenters. The average molecular weight is 294 g/mol. The third-order valence-electron chi connectivity index (χ3n) is 3.31. The van der Waals surface area contributed by atoms with E-state index in [0.717, 1.165) is 12.8 Å². The summed E-state index contributed by atoms with van der Waals surface area (Å²) >= 11 is 1.76. The molecule has 1 aromatic carbocycles. The highest BCUT2D eigenvalue weighted by Crippen LogP contribution is 2.22. The van der Waals surface area contributed by atoms with Crippen LogP contribution in [-0.4, -0.2) is 36.5 Å². The van der Waals surface area contributed by atoms with E-state index in [2.05, 4.69) is 24.4 Å². The largest absolute Gasteiger partial charge is 0.364 e. The highest BCUT2D eigenvalue weighted by molar-refractivity contribution is 8.00. The minimum atomic E-state index is -0.322. The molecule has 2 rings (SSSR count). The lowest BCUT2D eigenvalue weighted by Gasteiger charge is -2.15. The lowest BCUT2D eigenvalue weighted by molar-refractivity contribution is -0.131. The molecule has 0 spiro atoms. The predicted octanol–water partition coefficient (Wildman–Crippen LogP) is 1.79. The Labute approximate surface area is 124 Å². The third kappa shape index (κ3) is 4.51. The highest BCUT2D eigenvalue weighted by Gasteiger charge is 2.29. The SMILES string of the molecule is CC(CNC(=O)[C@@H]1CC[C@H](CN)O1)Sc1ccccc1. The van der Waals surface area contributed by atoms with Gasteiger partial charge in [-0.25, -0.2) is 0 Å². The van der Waals surface area contributed by atoms with E-state index >= 15 is 0 Å². The maximum absolute atomic E-state index is 12.0. The summed E-state index contributed by atoms with van der Waals surface area (Å²) in [7, 11) is 0. The number of rotatable bonds is 6. The van der Waals surface area contributed by atoms with Gasteiger partial charge in [0.15, 0.2) is 0 Å². The van der Waals surface area contributed by atoms with Crippen LogP contribution < -0.4 is 11.1 Å². The summed E-state index contributed by atoms with van der Waals surface area (Å²) in [6.45, 7) is 3.24. The van der Waals surface area contributed by atoms with Gasteiger partial charge < -0.3 is 15.8 Å². The summed E-state index contributed by atoms with van der Waals surface area (Å²) in [5.74, 6) is -0.0125. The van der Waals surface area contributed by atoms with Crippen molar-refractivity contribution in [2.45, 2.75) is 42.1 Å². The second kappa shape index (κ2) is 7.67. The first-order valence-electron chi connectivity index (χ1n) is 7.04. The Balaban J connectivity index is 1.71. The van der Waals surface area contributed by atoms with Crippen LogP contribution in [0.15, 0.2) is 35.2 Å². The van der Waals surface area contributed by atoms with Gasteiger partial charge in [-0.2, -0.15) is 0 Å². The molecule has 4 nitrogen and oxygen atoms in total. The van der Waals surface area contributed by atoms with Crippen molar-refractivity contribution in [2.75, 3.05) is 13.1 Å². The molecule has 1 amide bonds. The monoisotopic (exact) mass is 294 g/mol. The molecule has 0 aliphatic carbocycles. The Morgan fingerprint density at radius 3 is 2.85 bits per heavy atom. The molecule has 3 N–H and O–H groups in total. The fourth-order valence-electron chi connectivity index (χ4n) is 2.20. The number of thioether (sulfide) groups is 1. The van der Waals surface area contributed by atoms with Crippen molar-refractivity contribution >= 4 is 17.7 Å². The van der Waals surface area contributed by atoms with Crippen LogP contribution in [0.4, 0.5) is 0 Å². The zero-order chi connectivity index (χ0) is 14.4. The molecule has 3 atom stereocenters. The smallest absolute Gasteiger partial charge is 0.249 e. The van der Waals surface area contributed by atoms with Crippen molar-refractivity contribution < 1.29 is 9.53 Å². The summed E-state index contributed by atoms with van der Waals surface area (Å²) in [5, 5.41) is 3.29. The fraction of sp³-hybridized carbons (Fsp3) is 0.533. The van der Waals surface area contributed by atoms with E-state index in [4.69, 9.17) is 10.5 Å². The van der Waals surface area contributed by atoms with E-state index < -0.39 is 0 Å². The van der Waals surface area contributed by atoms with Gasteiger partial charge in [-0.15, -0.1) is 11.8 Å². The first-order valence-corrected chi connectivity index (χ1v) is 7.92. The highest BCUT2D eigenvalue weighted by atomic mass is 32.2. The van der Waals surface area contributed by atoms with Crippen LogP contribution in [0.25, 0.3) is 0 Å². The number of nitrogens with one attached hydrogen (secondary N) is 1. The zero-order valence-corrected chi connectivity index (χ0v) is 12.6.